The maximum atomic E-state index is 11.0. The fraction of sp³-hybridized carbons (Fsp3) is 0.889. The summed E-state index contributed by atoms with van der Waals surface area (Å²) in [5.41, 5.74) is 4.48. The lowest BCUT2D eigenvalue weighted by atomic mass is 10.0. The van der Waals surface area contributed by atoms with E-state index in [0.29, 0.717) is 0 Å². The molecule has 2 atom stereocenters. The first-order chi connectivity index (χ1) is 5.93. The molecule has 0 aliphatic heterocycles. The SMILES string of the molecule is CC(C)(NC1CCCC1O)C(N)=O. The van der Waals surface area contributed by atoms with E-state index >= 15 is 0 Å². The van der Waals surface area contributed by atoms with Crippen LogP contribution in [0.4, 0.5) is 0 Å². The number of carbonyl (C=O) groups is 1. The highest BCUT2D eigenvalue weighted by Gasteiger charge is 2.33. The van der Waals surface area contributed by atoms with Crippen molar-refractivity contribution in [1.82, 2.24) is 5.32 Å². The van der Waals surface area contributed by atoms with Crippen LogP contribution in [0.25, 0.3) is 0 Å². The van der Waals surface area contributed by atoms with Gasteiger partial charge in [0, 0.05) is 6.04 Å². The van der Waals surface area contributed by atoms with Gasteiger partial charge in [-0.2, -0.15) is 0 Å². The van der Waals surface area contributed by atoms with E-state index in [1.807, 2.05) is 0 Å². The van der Waals surface area contributed by atoms with Crippen LogP contribution >= 0.6 is 0 Å². The molecule has 0 aromatic carbocycles. The third-order valence-corrected chi connectivity index (χ3v) is 2.64. The fourth-order valence-electron chi connectivity index (χ4n) is 1.64. The molecule has 0 bridgehead atoms. The lowest BCUT2D eigenvalue weighted by Gasteiger charge is -2.28. The Labute approximate surface area is 78.5 Å². The Morgan fingerprint density at radius 3 is 2.54 bits per heavy atom. The molecule has 1 saturated carbocycles. The molecule has 0 aromatic heterocycles. The van der Waals surface area contributed by atoms with Gasteiger partial charge in [-0.15, -0.1) is 0 Å². The lowest BCUT2D eigenvalue weighted by Crippen LogP contribution is -2.56. The summed E-state index contributed by atoms with van der Waals surface area (Å²) < 4.78 is 0. The molecule has 4 N–H and O–H groups in total. The Bertz CT molecular complexity index is 204. The van der Waals surface area contributed by atoms with Crippen LogP contribution in [-0.4, -0.2) is 28.7 Å². The number of carbonyl (C=O) groups excluding carboxylic acids is 1. The number of rotatable bonds is 3. The Morgan fingerprint density at radius 2 is 2.15 bits per heavy atom. The maximum Gasteiger partial charge on any atom is 0.237 e. The summed E-state index contributed by atoms with van der Waals surface area (Å²) in [6.07, 6.45) is 2.40. The summed E-state index contributed by atoms with van der Waals surface area (Å²) in [5.74, 6) is -0.383. The van der Waals surface area contributed by atoms with Gasteiger partial charge in [-0.3, -0.25) is 10.1 Å². The lowest BCUT2D eigenvalue weighted by molar-refractivity contribution is -0.123. The Kier molecular flexibility index (Phi) is 2.93. The van der Waals surface area contributed by atoms with Gasteiger partial charge in [-0.05, 0) is 33.1 Å². The van der Waals surface area contributed by atoms with Crippen molar-refractivity contribution in [1.29, 1.82) is 0 Å². The largest absolute Gasteiger partial charge is 0.392 e. The van der Waals surface area contributed by atoms with Crippen molar-refractivity contribution in [2.24, 2.45) is 5.73 Å². The fourth-order valence-corrected chi connectivity index (χ4v) is 1.64. The number of aliphatic hydroxyl groups is 1. The average molecular weight is 186 g/mol. The summed E-state index contributed by atoms with van der Waals surface area (Å²) in [6.45, 7) is 3.47. The molecule has 0 aromatic rings. The van der Waals surface area contributed by atoms with E-state index in [0.717, 1.165) is 19.3 Å². The molecule has 0 radical (unpaired) electrons. The molecule has 1 aliphatic rings. The van der Waals surface area contributed by atoms with Crippen LogP contribution in [0.5, 0.6) is 0 Å². The zero-order chi connectivity index (χ0) is 10.1. The molecule has 1 amide bonds. The topological polar surface area (TPSA) is 75.3 Å². The highest BCUT2D eigenvalue weighted by Crippen LogP contribution is 2.20. The first kappa shape index (κ1) is 10.5. The molecule has 13 heavy (non-hydrogen) atoms. The van der Waals surface area contributed by atoms with E-state index in [-0.39, 0.29) is 18.1 Å². The second-order valence-electron chi connectivity index (χ2n) is 4.24. The summed E-state index contributed by atoms with van der Waals surface area (Å²) >= 11 is 0. The minimum absolute atomic E-state index is 0.0162. The van der Waals surface area contributed by atoms with Gasteiger partial charge in [0.2, 0.25) is 5.91 Å². The van der Waals surface area contributed by atoms with E-state index in [2.05, 4.69) is 5.32 Å². The van der Waals surface area contributed by atoms with Gasteiger partial charge in [0.05, 0.1) is 11.6 Å². The normalized spacial score (nSPS) is 29.2. The van der Waals surface area contributed by atoms with Crippen molar-refractivity contribution < 1.29 is 9.90 Å². The van der Waals surface area contributed by atoms with Crippen molar-refractivity contribution in [2.45, 2.75) is 50.8 Å². The number of nitrogens with one attached hydrogen (secondary N) is 1. The van der Waals surface area contributed by atoms with Gasteiger partial charge in [0.15, 0.2) is 0 Å². The molecular weight excluding hydrogens is 168 g/mol. The molecule has 0 spiro atoms. The van der Waals surface area contributed by atoms with E-state index in [1.165, 1.54) is 0 Å². The van der Waals surface area contributed by atoms with Gasteiger partial charge in [-0.25, -0.2) is 0 Å². The van der Waals surface area contributed by atoms with Crippen LogP contribution in [0.1, 0.15) is 33.1 Å². The molecular formula is C9H18N2O2. The molecule has 1 aliphatic carbocycles. The molecule has 4 nitrogen and oxygen atoms in total. The van der Waals surface area contributed by atoms with Gasteiger partial charge >= 0.3 is 0 Å². The summed E-state index contributed by atoms with van der Waals surface area (Å²) in [6, 6.07) is 0.0162. The summed E-state index contributed by atoms with van der Waals surface area (Å²) in [7, 11) is 0. The molecule has 4 heteroatoms. The monoisotopic (exact) mass is 186 g/mol. The predicted molar refractivity (Wildman–Crippen MR) is 50.1 cm³/mol. The third kappa shape index (κ3) is 2.42. The standard InChI is InChI=1S/C9H18N2O2/c1-9(2,8(10)13)11-6-4-3-5-7(6)12/h6-7,11-12H,3-5H2,1-2H3,(H2,10,13). The summed E-state index contributed by atoms with van der Waals surface area (Å²) in [4.78, 5) is 11.0. The minimum atomic E-state index is -0.726. The summed E-state index contributed by atoms with van der Waals surface area (Å²) in [5, 5.41) is 12.6. The van der Waals surface area contributed by atoms with Crippen LogP contribution in [0.15, 0.2) is 0 Å². The maximum absolute atomic E-state index is 11.0. The molecule has 0 saturated heterocycles. The molecule has 2 unspecified atom stereocenters. The predicted octanol–water partition coefficient (Wildman–Crippen LogP) is -0.247. The van der Waals surface area contributed by atoms with Crippen molar-refractivity contribution in [3.05, 3.63) is 0 Å². The van der Waals surface area contributed by atoms with E-state index < -0.39 is 5.54 Å². The highest BCUT2D eigenvalue weighted by molar-refractivity contribution is 5.83. The van der Waals surface area contributed by atoms with Crippen LogP contribution in [0, 0.1) is 0 Å². The highest BCUT2D eigenvalue weighted by atomic mass is 16.3. The molecule has 0 heterocycles. The van der Waals surface area contributed by atoms with Crippen molar-refractivity contribution >= 4 is 5.91 Å². The van der Waals surface area contributed by atoms with E-state index in [9.17, 15) is 9.90 Å². The van der Waals surface area contributed by atoms with Crippen LogP contribution in [-0.2, 0) is 4.79 Å². The van der Waals surface area contributed by atoms with Crippen LogP contribution in [0.3, 0.4) is 0 Å². The van der Waals surface area contributed by atoms with Gasteiger partial charge in [0.1, 0.15) is 0 Å². The Morgan fingerprint density at radius 1 is 1.54 bits per heavy atom. The van der Waals surface area contributed by atoms with Crippen molar-refractivity contribution in [3.8, 4) is 0 Å². The third-order valence-electron chi connectivity index (χ3n) is 2.64. The van der Waals surface area contributed by atoms with Crippen molar-refractivity contribution in [3.63, 3.8) is 0 Å². The second-order valence-corrected chi connectivity index (χ2v) is 4.24. The Balaban J connectivity index is 2.52. The number of primary amides is 1. The van der Waals surface area contributed by atoms with Gasteiger partial charge in [-0.1, -0.05) is 0 Å². The first-order valence-electron chi connectivity index (χ1n) is 4.69. The molecule has 76 valence electrons. The smallest absolute Gasteiger partial charge is 0.237 e. The zero-order valence-corrected chi connectivity index (χ0v) is 8.21. The van der Waals surface area contributed by atoms with Gasteiger partial charge < -0.3 is 10.8 Å². The first-order valence-corrected chi connectivity index (χ1v) is 4.69. The zero-order valence-electron chi connectivity index (χ0n) is 8.21. The minimum Gasteiger partial charge on any atom is -0.392 e. The average Bonchev–Trinajstić information content (AvgIpc) is 2.35. The number of amides is 1. The van der Waals surface area contributed by atoms with Crippen LogP contribution < -0.4 is 11.1 Å². The molecule has 1 fully saturated rings. The second kappa shape index (κ2) is 3.64. The number of hydrogen-bond donors (Lipinski definition) is 3. The van der Waals surface area contributed by atoms with Crippen molar-refractivity contribution in [2.75, 3.05) is 0 Å². The van der Waals surface area contributed by atoms with Gasteiger partial charge in [0.25, 0.3) is 0 Å². The van der Waals surface area contributed by atoms with E-state index in [1.54, 1.807) is 13.8 Å². The number of hydrogen-bond acceptors (Lipinski definition) is 3. The quantitative estimate of drug-likeness (QED) is 0.569. The Hall–Kier alpha value is -0.610. The number of aliphatic hydroxyl groups excluding tert-OH is 1. The number of nitrogens with two attached hydrogens (primary N) is 1. The van der Waals surface area contributed by atoms with E-state index in [4.69, 9.17) is 5.73 Å². The van der Waals surface area contributed by atoms with Crippen LogP contribution in [0.2, 0.25) is 0 Å². The molecule has 1 rings (SSSR count).